The van der Waals surface area contributed by atoms with Gasteiger partial charge in [0.1, 0.15) is 0 Å². The summed E-state index contributed by atoms with van der Waals surface area (Å²) in [6.07, 6.45) is 6.91. The van der Waals surface area contributed by atoms with Crippen LogP contribution in [0.2, 0.25) is 0 Å². The predicted octanol–water partition coefficient (Wildman–Crippen LogP) is 2.89. The van der Waals surface area contributed by atoms with Crippen molar-refractivity contribution in [1.82, 2.24) is 10.2 Å². The van der Waals surface area contributed by atoms with Gasteiger partial charge in [0.25, 0.3) is 0 Å². The molecule has 1 rings (SSSR count). The number of rotatable bonds is 6. The molecular weight excluding hydrogens is 196 g/mol. The Balaban J connectivity index is 2.34. The highest BCUT2D eigenvalue weighted by molar-refractivity contribution is 4.79. The average Bonchev–Trinajstić information content (AvgIpc) is 2.28. The maximum Gasteiger partial charge on any atom is 0.0192 e. The molecule has 3 atom stereocenters. The Morgan fingerprint density at radius 3 is 2.62 bits per heavy atom. The van der Waals surface area contributed by atoms with Crippen LogP contribution in [0, 0.1) is 5.92 Å². The molecule has 0 bridgehead atoms. The van der Waals surface area contributed by atoms with Crippen molar-refractivity contribution >= 4 is 0 Å². The molecule has 0 heterocycles. The van der Waals surface area contributed by atoms with E-state index in [2.05, 4.69) is 38.0 Å². The molecule has 0 aliphatic heterocycles. The molecular formula is C14H30N2. The normalized spacial score (nSPS) is 28.3. The fraction of sp³-hybridized carbons (Fsp3) is 1.00. The lowest BCUT2D eigenvalue weighted by Crippen LogP contribution is -2.44. The van der Waals surface area contributed by atoms with Gasteiger partial charge in [-0.05, 0) is 38.8 Å². The van der Waals surface area contributed by atoms with Gasteiger partial charge in [0, 0.05) is 18.6 Å². The van der Waals surface area contributed by atoms with Crippen LogP contribution < -0.4 is 5.32 Å². The van der Waals surface area contributed by atoms with Crippen molar-refractivity contribution < 1.29 is 0 Å². The SMILES string of the molecule is CCNC(CC)CN(C)C1CCCC(C)C1. The van der Waals surface area contributed by atoms with E-state index in [1.807, 2.05) is 0 Å². The van der Waals surface area contributed by atoms with Crippen molar-refractivity contribution in [2.75, 3.05) is 20.1 Å². The maximum atomic E-state index is 3.57. The van der Waals surface area contributed by atoms with Gasteiger partial charge >= 0.3 is 0 Å². The summed E-state index contributed by atoms with van der Waals surface area (Å²) in [4.78, 5) is 2.59. The van der Waals surface area contributed by atoms with Crippen molar-refractivity contribution in [1.29, 1.82) is 0 Å². The molecule has 1 saturated carbocycles. The summed E-state index contributed by atoms with van der Waals surface area (Å²) in [5, 5.41) is 3.57. The first kappa shape index (κ1) is 14.0. The zero-order valence-electron chi connectivity index (χ0n) is 11.6. The van der Waals surface area contributed by atoms with Crippen molar-refractivity contribution in [3.8, 4) is 0 Å². The van der Waals surface area contributed by atoms with Gasteiger partial charge in [-0.2, -0.15) is 0 Å². The highest BCUT2D eigenvalue weighted by atomic mass is 15.2. The second-order valence-electron chi connectivity index (χ2n) is 5.53. The van der Waals surface area contributed by atoms with Crippen LogP contribution in [-0.2, 0) is 0 Å². The van der Waals surface area contributed by atoms with E-state index in [1.165, 1.54) is 38.6 Å². The highest BCUT2D eigenvalue weighted by Crippen LogP contribution is 2.26. The summed E-state index contributed by atoms with van der Waals surface area (Å²) < 4.78 is 0. The van der Waals surface area contributed by atoms with E-state index >= 15 is 0 Å². The van der Waals surface area contributed by atoms with Gasteiger partial charge in [-0.1, -0.05) is 33.6 Å². The second-order valence-corrected chi connectivity index (χ2v) is 5.53. The Morgan fingerprint density at radius 2 is 2.06 bits per heavy atom. The van der Waals surface area contributed by atoms with Crippen LogP contribution in [0.15, 0.2) is 0 Å². The van der Waals surface area contributed by atoms with Crippen LogP contribution in [0.4, 0.5) is 0 Å². The Morgan fingerprint density at radius 1 is 1.31 bits per heavy atom. The average molecular weight is 226 g/mol. The molecule has 2 heteroatoms. The number of nitrogens with zero attached hydrogens (tertiary/aromatic N) is 1. The third kappa shape index (κ3) is 4.42. The molecule has 0 saturated heterocycles. The van der Waals surface area contributed by atoms with E-state index in [-0.39, 0.29) is 0 Å². The zero-order valence-corrected chi connectivity index (χ0v) is 11.6. The number of hydrogen-bond acceptors (Lipinski definition) is 2. The van der Waals surface area contributed by atoms with Gasteiger partial charge in [-0.3, -0.25) is 0 Å². The van der Waals surface area contributed by atoms with Crippen molar-refractivity contribution in [3.05, 3.63) is 0 Å². The fourth-order valence-corrected chi connectivity index (χ4v) is 2.93. The third-order valence-corrected chi connectivity index (χ3v) is 4.03. The summed E-state index contributed by atoms with van der Waals surface area (Å²) in [5.41, 5.74) is 0. The molecule has 0 aromatic rings. The molecule has 1 aliphatic rings. The number of hydrogen-bond donors (Lipinski definition) is 1. The van der Waals surface area contributed by atoms with Gasteiger partial charge in [0.15, 0.2) is 0 Å². The minimum Gasteiger partial charge on any atom is -0.313 e. The molecule has 96 valence electrons. The van der Waals surface area contributed by atoms with Crippen LogP contribution >= 0.6 is 0 Å². The van der Waals surface area contributed by atoms with Crippen LogP contribution in [0.1, 0.15) is 52.9 Å². The molecule has 0 aromatic carbocycles. The fourth-order valence-electron chi connectivity index (χ4n) is 2.93. The smallest absolute Gasteiger partial charge is 0.0192 e. The summed E-state index contributed by atoms with van der Waals surface area (Å²) in [7, 11) is 2.31. The molecule has 0 aromatic heterocycles. The summed E-state index contributed by atoms with van der Waals surface area (Å²) in [6, 6.07) is 1.50. The number of nitrogens with one attached hydrogen (secondary N) is 1. The third-order valence-electron chi connectivity index (χ3n) is 4.03. The van der Waals surface area contributed by atoms with Crippen molar-refractivity contribution in [3.63, 3.8) is 0 Å². The predicted molar refractivity (Wildman–Crippen MR) is 71.8 cm³/mol. The summed E-state index contributed by atoms with van der Waals surface area (Å²) >= 11 is 0. The molecule has 1 fully saturated rings. The van der Waals surface area contributed by atoms with E-state index in [0.29, 0.717) is 6.04 Å². The molecule has 0 radical (unpaired) electrons. The first-order chi connectivity index (χ1) is 7.67. The van der Waals surface area contributed by atoms with Crippen LogP contribution in [0.3, 0.4) is 0 Å². The molecule has 3 unspecified atom stereocenters. The maximum absolute atomic E-state index is 3.57. The van der Waals surface area contributed by atoms with Gasteiger partial charge < -0.3 is 10.2 Å². The monoisotopic (exact) mass is 226 g/mol. The van der Waals surface area contributed by atoms with E-state index in [0.717, 1.165) is 18.5 Å². The quantitative estimate of drug-likeness (QED) is 0.749. The zero-order chi connectivity index (χ0) is 12.0. The van der Waals surface area contributed by atoms with Crippen LogP contribution in [-0.4, -0.2) is 37.1 Å². The lowest BCUT2D eigenvalue weighted by molar-refractivity contribution is 0.150. The summed E-state index contributed by atoms with van der Waals surface area (Å²) in [5.74, 6) is 0.931. The minimum absolute atomic E-state index is 0.673. The molecule has 1 N–H and O–H groups in total. The minimum atomic E-state index is 0.673. The Bertz CT molecular complexity index is 182. The van der Waals surface area contributed by atoms with Crippen molar-refractivity contribution in [2.45, 2.75) is 65.0 Å². The van der Waals surface area contributed by atoms with Gasteiger partial charge in [-0.25, -0.2) is 0 Å². The first-order valence-corrected chi connectivity index (χ1v) is 7.10. The second kappa shape index (κ2) is 7.29. The largest absolute Gasteiger partial charge is 0.313 e. The Kier molecular flexibility index (Phi) is 6.37. The highest BCUT2D eigenvalue weighted by Gasteiger charge is 2.23. The van der Waals surface area contributed by atoms with E-state index in [1.54, 1.807) is 0 Å². The van der Waals surface area contributed by atoms with Crippen molar-refractivity contribution in [2.24, 2.45) is 5.92 Å². The molecule has 2 nitrogen and oxygen atoms in total. The van der Waals surface area contributed by atoms with E-state index < -0.39 is 0 Å². The molecule has 0 spiro atoms. The number of likely N-dealkylation sites (N-methyl/N-ethyl adjacent to an activating group) is 2. The molecule has 16 heavy (non-hydrogen) atoms. The standard InChI is InChI=1S/C14H30N2/c1-5-13(15-6-2)11-16(4)14-9-7-8-12(3)10-14/h12-15H,5-11H2,1-4H3. The molecule has 0 amide bonds. The Hall–Kier alpha value is -0.0800. The van der Waals surface area contributed by atoms with E-state index in [4.69, 9.17) is 0 Å². The Labute approximate surface area is 102 Å². The van der Waals surface area contributed by atoms with E-state index in [9.17, 15) is 0 Å². The topological polar surface area (TPSA) is 15.3 Å². The lowest BCUT2D eigenvalue weighted by atomic mass is 9.86. The summed E-state index contributed by atoms with van der Waals surface area (Å²) in [6.45, 7) is 9.19. The van der Waals surface area contributed by atoms with Gasteiger partial charge in [0.2, 0.25) is 0 Å². The first-order valence-electron chi connectivity index (χ1n) is 7.10. The van der Waals surface area contributed by atoms with Gasteiger partial charge in [-0.15, -0.1) is 0 Å². The van der Waals surface area contributed by atoms with Crippen LogP contribution in [0.5, 0.6) is 0 Å². The molecule has 1 aliphatic carbocycles. The van der Waals surface area contributed by atoms with Gasteiger partial charge in [0.05, 0.1) is 0 Å². The van der Waals surface area contributed by atoms with Crippen LogP contribution in [0.25, 0.3) is 0 Å². The lowest BCUT2D eigenvalue weighted by Gasteiger charge is -2.36.